The Labute approximate surface area is 114 Å². The van der Waals surface area contributed by atoms with Crippen molar-refractivity contribution in [3.8, 4) is 0 Å². The van der Waals surface area contributed by atoms with E-state index in [1.165, 1.54) is 0 Å². The fourth-order valence-electron chi connectivity index (χ4n) is 2.47. The number of aliphatic hydroxyl groups is 1. The van der Waals surface area contributed by atoms with Crippen LogP contribution in [0.4, 0.5) is 17.6 Å². The lowest BCUT2D eigenvalue weighted by Crippen LogP contribution is -2.46. The second kappa shape index (κ2) is 6.07. The van der Waals surface area contributed by atoms with Crippen molar-refractivity contribution in [3.05, 3.63) is 35.1 Å². The quantitative estimate of drug-likeness (QED) is 0.834. The molecule has 1 aliphatic rings. The molecule has 1 atom stereocenters. The summed E-state index contributed by atoms with van der Waals surface area (Å²) in [5, 5.41) is 12.5. The third-order valence-electron chi connectivity index (χ3n) is 3.44. The molecule has 0 aromatic heterocycles. The number of rotatable bonds is 3. The van der Waals surface area contributed by atoms with E-state index in [2.05, 4.69) is 5.32 Å². The highest BCUT2D eigenvalue weighted by atomic mass is 19.4. The zero-order valence-electron chi connectivity index (χ0n) is 10.8. The van der Waals surface area contributed by atoms with Crippen molar-refractivity contribution in [2.75, 3.05) is 32.8 Å². The predicted molar refractivity (Wildman–Crippen MR) is 65.7 cm³/mol. The van der Waals surface area contributed by atoms with Gasteiger partial charge in [0.2, 0.25) is 0 Å². The van der Waals surface area contributed by atoms with Gasteiger partial charge in [0.25, 0.3) is 0 Å². The largest absolute Gasteiger partial charge is 0.416 e. The summed E-state index contributed by atoms with van der Waals surface area (Å²) in [6.07, 6.45) is -4.56. The van der Waals surface area contributed by atoms with Gasteiger partial charge in [0.1, 0.15) is 5.82 Å². The average molecular weight is 292 g/mol. The zero-order valence-corrected chi connectivity index (χ0v) is 10.8. The monoisotopic (exact) mass is 292 g/mol. The molecular weight excluding hydrogens is 276 g/mol. The standard InChI is InChI=1S/C13H16F4N2O/c14-9-1-2-11(13(15,16)17)10(7-9)12(8-20)19-5-3-18-4-6-19/h1-2,7,12,18,20H,3-6,8H2/t12-/m0/s1. The summed E-state index contributed by atoms with van der Waals surface area (Å²) >= 11 is 0. The number of nitrogens with one attached hydrogen (secondary N) is 1. The van der Waals surface area contributed by atoms with E-state index in [1.54, 1.807) is 4.90 Å². The van der Waals surface area contributed by atoms with Crippen LogP contribution in [0.3, 0.4) is 0 Å². The molecule has 2 rings (SSSR count). The zero-order chi connectivity index (χ0) is 14.8. The Morgan fingerprint density at radius 2 is 1.90 bits per heavy atom. The molecule has 1 saturated heterocycles. The normalized spacial score (nSPS) is 19.1. The van der Waals surface area contributed by atoms with Gasteiger partial charge in [-0.2, -0.15) is 13.2 Å². The first-order valence-electron chi connectivity index (χ1n) is 6.35. The number of aliphatic hydroxyl groups excluding tert-OH is 1. The SMILES string of the molecule is OC[C@@H](c1cc(F)ccc1C(F)(F)F)N1CCNCC1. The fraction of sp³-hybridized carbons (Fsp3) is 0.538. The molecule has 7 heteroatoms. The third kappa shape index (κ3) is 3.28. The Morgan fingerprint density at radius 3 is 2.45 bits per heavy atom. The molecule has 0 bridgehead atoms. The first kappa shape index (κ1) is 15.2. The topological polar surface area (TPSA) is 35.5 Å². The number of alkyl halides is 3. The maximum Gasteiger partial charge on any atom is 0.416 e. The van der Waals surface area contributed by atoms with Gasteiger partial charge in [-0.3, -0.25) is 4.90 Å². The van der Waals surface area contributed by atoms with Crippen LogP contribution in [0.2, 0.25) is 0 Å². The Morgan fingerprint density at radius 1 is 1.25 bits per heavy atom. The summed E-state index contributed by atoms with van der Waals surface area (Å²) in [5.41, 5.74) is -1.10. The molecule has 0 spiro atoms. The van der Waals surface area contributed by atoms with Crippen LogP contribution in [0, 0.1) is 5.82 Å². The van der Waals surface area contributed by atoms with Crippen LogP contribution < -0.4 is 5.32 Å². The second-order valence-electron chi connectivity index (χ2n) is 4.71. The molecule has 1 aliphatic heterocycles. The summed E-state index contributed by atoms with van der Waals surface area (Å²) in [6.45, 7) is 1.81. The highest BCUT2D eigenvalue weighted by Gasteiger charge is 2.36. The van der Waals surface area contributed by atoms with Gasteiger partial charge in [-0.1, -0.05) is 0 Å². The maximum atomic E-state index is 13.3. The van der Waals surface area contributed by atoms with Crippen molar-refractivity contribution in [1.82, 2.24) is 10.2 Å². The Kier molecular flexibility index (Phi) is 4.62. The second-order valence-corrected chi connectivity index (χ2v) is 4.71. The molecule has 0 saturated carbocycles. The van der Waals surface area contributed by atoms with Crippen molar-refractivity contribution in [3.63, 3.8) is 0 Å². The van der Waals surface area contributed by atoms with Crippen LogP contribution >= 0.6 is 0 Å². The minimum absolute atomic E-state index is 0.207. The number of nitrogens with zero attached hydrogens (tertiary/aromatic N) is 1. The predicted octanol–water partition coefficient (Wildman–Crippen LogP) is 1.78. The molecule has 2 N–H and O–H groups in total. The summed E-state index contributed by atoms with van der Waals surface area (Å²) in [6, 6.07) is 1.55. The van der Waals surface area contributed by atoms with E-state index in [0.29, 0.717) is 26.2 Å². The van der Waals surface area contributed by atoms with Crippen LogP contribution in [0.1, 0.15) is 17.2 Å². The molecule has 3 nitrogen and oxygen atoms in total. The number of hydrogen-bond acceptors (Lipinski definition) is 3. The van der Waals surface area contributed by atoms with E-state index < -0.39 is 30.2 Å². The molecule has 20 heavy (non-hydrogen) atoms. The van der Waals surface area contributed by atoms with E-state index in [9.17, 15) is 22.7 Å². The van der Waals surface area contributed by atoms with Crippen molar-refractivity contribution in [1.29, 1.82) is 0 Å². The first-order valence-corrected chi connectivity index (χ1v) is 6.35. The molecule has 1 aromatic rings. The Bertz CT molecular complexity index is 458. The van der Waals surface area contributed by atoms with E-state index in [-0.39, 0.29) is 5.56 Å². The highest BCUT2D eigenvalue weighted by Crippen LogP contribution is 2.36. The van der Waals surface area contributed by atoms with Crippen molar-refractivity contribution >= 4 is 0 Å². The van der Waals surface area contributed by atoms with Gasteiger partial charge in [0, 0.05) is 26.2 Å². The molecule has 0 unspecified atom stereocenters. The fourth-order valence-corrected chi connectivity index (χ4v) is 2.47. The smallest absolute Gasteiger partial charge is 0.394 e. The molecule has 1 heterocycles. The first-order chi connectivity index (χ1) is 9.43. The maximum absolute atomic E-state index is 13.3. The van der Waals surface area contributed by atoms with E-state index in [0.717, 1.165) is 18.2 Å². The van der Waals surface area contributed by atoms with Gasteiger partial charge in [0.05, 0.1) is 18.2 Å². The number of benzene rings is 1. The van der Waals surface area contributed by atoms with Gasteiger partial charge in [-0.15, -0.1) is 0 Å². The summed E-state index contributed by atoms with van der Waals surface area (Å²) in [5.74, 6) is -0.735. The van der Waals surface area contributed by atoms with Gasteiger partial charge in [-0.25, -0.2) is 4.39 Å². The van der Waals surface area contributed by atoms with Crippen molar-refractivity contribution < 1.29 is 22.7 Å². The van der Waals surface area contributed by atoms with Gasteiger partial charge in [-0.05, 0) is 23.8 Å². The summed E-state index contributed by atoms with van der Waals surface area (Å²) in [7, 11) is 0. The van der Waals surface area contributed by atoms with Gasteiger partial charge in [0.15, 0.2) is 0 Å². The lowest BCUT2D eigenvalue weighted by atomic mass is 9.98. The lowest BCUT2D eigenvalue weighted by Gasteiger charge is -2.35. The minimum atomic E-state index is -4.56. The Balaban J connectivity index is 2.39. The van der Waals surface area contributed by atoms with Crippen LogP contribution in [-0.2, 0) is 6.18 Å². The van der Waals surface area contributed by atoms with Crippen LogP contribution in [0.5, 0.6) is 0 Å². The summed E-state index contributed by atoms with van der Waals surface area (Å²) in [4.78, 5) is 1.74. The molecule has 1 aromatic carbocycles. The minimum Gasteiger partial charge on any atom is -0.394 e. The van der Waals surface area contributed by atoms with Crippen LogP contribution in [0.25, 0.3) is 0 Å². The Hall–Kier alpha value is -1.18. The number of halogens is 4. The third-order valence-corrected chi connectivity index (χ3v) is 3.44. The molecule has 1 fully saturated rings. The van der Waals surface area contributed by atoms with Crippen LogP contribution in [-0.4, -0.2) is 42.8 Å². The lowest BCUT2D eigenvalue weighted by molar-refractivity contribution is -0.139. The molecular formula is C13H16F4N2O. The summed E-state index contributed by atoms with van der Waals surface area (Å²) < 4.78 is 52.3. The van der Waals surface area contributed by atoms with Crippen molar-refractivity contribution in [2.45, 2.75) is 12.2 Å². The van der Waals surface area contributed by atoms with E-state index >= 15 is 0 Å². The van der Waals surface area contributed by atoms with E-state index in [4.69, 9.17) is 0 Å². The average Bonchev–Trinajstić information content (AvgIpc) is 2.39. The molecule has 0 radical (unpaired) electrons. The van der Waals surface area contributed by atoms with Gasteiger partial charge >= 0.3 is 6.18 Å². The highest BCUT2D eigenvalue weighted by molar-refractivity contribution is 5.33. The molecule has 0 amide bonds. The molecule has 0 aliphatic carbocycles. The van der Waals surface area contributed by atoms with Crippen LogP contribution in [0.15, 0.2) is 18.2 Å². The molecule has 112 valence electrons. The van der Waals surface area contributed by atoms with E-state index in [1.807, 2.05) is 0 Å². The van der Waals surface area contributed by atoms with Gasteiger partial charge < -0.3 is 10.4 Å². The number of piperazine rings is 1. The van der Waals surface area contributed by atoms with Crippen molar-refractivity contribution in [2.24, 2.45) is 0 Å². The number of hydrogen-bond donors (Lipinski definition) is 2.